The molecule has 1 atom stereocenters. The van der Waals surface area contributed by atoms with Gasteiger partial charge in [-0.2, -0.15) is 13.2 Å². The summed E-state index contributed by atoms with van der Waals surface area (Å²) in [6.07, 6.45) is 0.139. The number of nitrogens with two attached hydrogens (primary N) is 1. The van der Waals surface area contributed by atoms with Gasteiger partial charge in [0.1, 0.15) is 6.04 Å². The fourth-order valence-corrected chi connectivity index (χ4v) is 5.30. The smallest absolute Gasteiger partial charge is 0.416 e. The van der Waals surface area contributed by atoms with E-state index in [1.807, 2.05) is 0 Å². The number of nitrogens with zero attached hydrogens (tertiary/aromatic N) is 1. The van der Waals surface area contributed by atoms with Crippen LogP contribution in [0.3, 0.4) is 0 Å². The van der Waals surface area contributed by atoms with Gasteiger partial charge in [-0.25, -0.2) is 4.39 Å². The number of hydrogen-bond acceptors (Lipinski definition) is 4. The standard InChI is InChI=1S/C27H31BrF4N4O3/c1-39-23-12-17(7-10-21(23)29)15-35-25(38)22(11-16-5-3-2-4-6-16)36(26(33)34)24(37)13-18-8-9-19(14-20(18)28)27(30,31)32/h7-10,12,14,16,22H,2-6,11,13,15H2,1H3,(H3,33,34)(H,35,38)/t22-/m1/s1. The molecule has 0 saturated heterocycles. The average molecular weight is 615 g/mol. The zero-order valence-electron chi connectivity index (χ0n) is 21.4. The van der Waals surface area contributed by atoms with Crippen molar-refractivity contribution in [1.29, 1.82) is 5.41 Å². The lowest BCUT2D eigenvalue weighted by molar-refractivity contribution is -0.137. The molecule has 12 heteroatoms. The molecule has 0 aliphatic heterocycles. The molecule has 1 aliphatic carbocycles. The van der Waals surface area contributed by atoms with Crippen molar-refractivity contribution in [3.05, 3.63) is 63.4 Å². The Hall–Kier alpha value is -3.15. The van der Waals surface area contributed by atoms with Gasteiger partial charge in [0.2, 0.25) is 11.8 Å². The Morgan fingerprint density at radius 2 is 1.87 bits per heavy atom. The van der Waals surface area contributed by atoms with Gasteiger partial charge in [0, 0.05) is 11.0 Å². The first-order valence-corrected chi connectivity index (χ1v) is 13.3. The number of hydrogen-bond donors (Lipinski definition) is 3. The lowest BCUT2D eigenvalue weighted by Gasteiger charge is -2.33. The van der Waals surface area contributed by atoms with E-state index in [-0.39, 0.29) is 41.1 Å². The summed E-state index contributed by atoms with van der Waals surface area (Å²) in [6.45, 7) is 0.0149. The van der Waals surface area contributed by atoms with Crippen LogP contribution in [0.1, 0.15) is 55.2 Å². The molecule has 0 bridgehead atoms. The molecule has 1 aliphatic rings. The quantitative estimate of drug-likeness (QED) is 0.196. The molecule has 0 heterocycles. The molecule has 1 fully saturated rings. The Labute approximate surface area is 232 Å². The SMILES string of the molecule is COc1cc(CNC(=O)[C@@H](CC2CCCCC2)N(C(=N)N)C(=O)Cc2ccc(C(F)(F)F)cc2Br)ccc1F. The number of ether oxygens (including phenoxy) is 1. The van der Waals surface area contributed by atoms with E-state index in [4.69, 9.17) is 15.9 Å². The number of alkyl halides is 3. The van der Waals surface area contributed by atoms with E-state index in [0.29, 0.717) is 5.56 Å². The lowest BCUT2D eigenvalue weighted by atomic mass is 9.84. The van der Waals surface area contributed by atoms with Crippen molar-refractivity contribution < 1.29 is 31.9 Å². The van der Waals surface area contributed by atoms with E-state index in [2.05, 4.69) is 21.2 Å². The van der Waals surface area contributed by atoms with Crippen LogP contribution in [-0.4, -0.2) is 35.8 Å². The number of benzene rings is 2. The molecule has 0 radical (unpaired) electrons. The second kappa shape index (κ2) is 13.3. The number of methoxy groups -OCH3 is 1. The number of amides is 2. The maximum absolute atomic E-state index is 13.8. The van der Waals surface area contributed by atoms with Crippen LogP contribution in [-0.2, 0) is 28.7 Å². The molecular formula is C27H31BrF4N4O3. The number of carbonyl (C=O) groups excluding carboxylic acids is 2. The number of rotatable bonds is 9. The Morgan fingerprint density at radius 1 is 1.18 bits per heavy atom. The highest BCUT2D eigenvalue weighted by molar-refractivity contribution is 9.10. The minimum absolute atomic E-state index is 0.0149. The monoisotopic (exact) mass is 614 g/mol. The van der Waals surface area contributed by atoms with Crippen LogP contribution in [0.25, 0.3) is 0 Å². The molecule has 2 aromatic carbocycles. The third-order valence-electron chi connectivity index (χ3n) is 6.83. The number of carbonyl (C=O) groups is 2. The van der Waals surface area contributed by atoms with E-state index in [9.17, 15) is 27.2 Å². The van der Waals surface area contributed by atoms with Gasteiger partial charge in [-0.05, 0) is 47.7 Å². The maximum atomic E-state index is 13.8. The summed E-state index contributed by atoms with van der Waals surface area (Å²) >= 11 is 3.10. The Bertz CT molecular complexity index is 1200. The van der Waals surface area contributed by atoms with E-state index < -0.39 is 41.4 Å². The fraction of sp³-hybridized carbons (Fsp3) is 0.444. The van der Waals surface area contributed by atoms with Gasteiger partial charge >= 0.3 is 6.18 Å². The highest BCUT2D eigenvalue weighted by Crippen LogP contribution is 2.33. The zero-order valence-corrected chi connectivity index (χ0v) is 23.0. The van der Waals surface area contributed by atoms with E-state index in [1.165, 1.54) is 31.4 Å². The van der Waals surface area contributed by atoms with Crippen LogP contribution < -0.4 is 15.8 Å². The summed E-state index contributed by atoms with van der Waals surface area (Å²) in [5.74, 6) is -2.27. The predicted octanol–water partition coefficient (Wildman–Crippen LogP) is 5.54. The van der Waals surface area contributed by atoms with Crippen molar-refractivity contribution in [1.82, 2.24) is 10.2 Å². The van der Waals surface area contributed by atoms with Crippen LogP contribution in [0.4, 0.5) is 17.6 Å². The van der Waals surface area contributed by atoms with Crippen molar-refractivity contribution in [3.8, 4) is 5.75 Å². The van der Waals surface area contributed by atoms with Crippen LogP contribution in [0.2, 0.25) is 0 Å². The van der Waals surface area contributed by atoms with Gasteiger partial charge in [-0.1, -0.05) is 60.2 Å². The molecule has 0 unspecified atom stereocenters. The van der Waals surface area contributed by atoms with Crippen molar-refractivity contribution in [2.45, 2.75) is 63.7 Å². The first kappa shape index (κ1) is 30.4. The molecule has 39 heavy (non-hydrogen) atoms. The average Bonchev–Trinajstić information content (AvgIpc) is 2.88. The van der Waals surface area contributed by atoms with Gasteiger partial charge in [0.05, 0.1) is 19.1 Å². The predicted molar refractivity (Wildman–Crippen MR) is 141 cm³/mol. The van der Waals surface area contributed by atoms with Gasteiger partial charge in [0.15, 0.2) is 17.5 Å². The number of halogens is 5. The number of nitrogens with one attached hydrogen (secondary N) is 2. The fourth-order valence-electron chi connectivity index (χ4n) is 4.78. The van der Waals surface area contributed by atoms with Crippen LogP contribution in [0.5, 0.6) is 5.75 Å². The Balaban J connectivity index is 1.83. The van der Waals surface area contributed by atoms with Gasteiger partial charge in [-0.3, -0.25) is 19.9 Å². The summed E-state index contributed by atoms with van der Waals surface area (Å²) < 4.78 is 58.0. The lowest BCUT2D eigenvalue weighted by Crippen LogP contribution is -2.55. The normalized spacial score (nSPS) is 14.9. The topological polar surface area (TPSA) is 109 Å². The van der Waals surface area contributed by atoms with Crippen molar-refractivity contribution in [2.24, 2.45) is 11.7 Å². The molecule has 0 aromatic heterocycles. The summed E-state index contributed by atoms with van der Waals surface area (Å²) in [5.41, 5.74) is 5.75. The first-order chi connectivity index (χ1) is 18.4. The van der Waals surface area contributed by atoms with E-state index in [1.54, 1.807) is 0 Å². The minimum Gasteiger partial charge on any atom is -0.494 e. The Morgan fingerprint density at radius 3 is 2.46 bits per heavy atom. The minimum atomic E-state index is -4.55. The van der Waals surface area contributed by atoms with E-state index >= 15 is 0 Å². The summed E-state index contributed by atoms with van der Waals surface area (Å²) in [4.78, 5) is 27.8. The van der Waals surface area contributed by atoms with Gasteiger partial charge < -0.3 is 15.8 Å². The van der Waals surface area contributed by atoms with Crippen molar-refractivity contribution in [2.75, 3.05) is 7.11 Å². The molecule has 212 valence electrons. The first-order valence-electron chi connectivity index (χ1n) is 12.5. The highest BCUT2D eigenvalue weighted by atomic mass is 79.9. The summed E-state index contributed by atoms with van der Waals surface area (Å²) in [6, 6.07) is 5.98. The van der Waals surface area contributed by atoms with Gasteiger partial charge in [-0.15, -0.1) is 0 Å². The van der Waals surface area contributed by atoms with Crippen LogP contribution >= 0.6 is 15.9 Å². The summed E-state index contributed by atoms with van der Waals surface area (Å²) in [5, 5.41) is 10.9. The zero-order chi connectivity index (χ0) is 28.7. The molecule has 2 amide bonds. The van der Waals surface area contributed by atoms with Crippen LogP contribution in [0, 0.1) is 17.1 Å². The molecular weight excluding hydrogens is 584 g/mol. The van der Waals surface area contributed by atoms with E-state index in [0.717, 1.165) is 49.1 Å². The Kier molecular flexibility index (Phi) is 10.3. The molecule has 2 aromatic rings. The molecule has 1 saturated carbocycles. The third-order valence-corrected chi connectivity index (χ3v) is 7.57. The molecule has 7 nitrogen and oxygen atoms in total. The summed E-state index contributed by atoms with van der Waals surface area (Å²) in [7, 11) is 1.33. The maximum Gasteiger partial charge on any atom is 0.416 e. The largest absolute Gasteiger partial charge is 0.494 e. The van der Waals surface area contributed by atoms with Gasteiger partial charge in [0.25, 0.3) is 0 Å². The highest BCUT2D eigenvalue weighted by Gasteiger charge is 2.35. The van der Waals surface area contributed by atoms with Crippen molar-refractivity contribution >= 4 is 33.7 Å². The van der Waals surface area contributed by atoms with Crippen molar-refractivity contribution in [3.63, 3.8) is 0 Å². The molecule has 0 spiro atoms. The second-order valence-corrected chi connectivity index (χ2v) is 10.4. The third kappa shape index (κ3) is 8.17. The molecule has 3 rings (SSSR count). The second-order valence-electron chi connectivity index (χ2n) is 9.57. The number of guanidine groups is 1. The molecule has 4 N–H and O–H groups in total. The van der Waals surface area contributed by atoms with Crippen LogP contribution in [0.15, 0.2) is 40.9 Å².